The third-order valence-electron chi connectivity index (χ3n) is 3.23. The lowest BCUT2D eigenvalue weighted by molar-refractivity contribution is 0.0897. The van der Waals surface area contributed by atoms with Gasteiger partial charge in [-0.15, -0.1) is 0 Å². The molecule has 1 aliphatic rings. The highest BCUT2D eigenvalue weighted by Gasteiger charge is 2.34. The molecule has 92 valence electrons. The molecule has 0 aromatic carbocycles. The fourth-order valence-electron chi connectivity index (χ4n) is 2.20. The first-order valence-corrected chi connectivity index (χ1v) is 5.72. The molecule has 2 rings (SSSR count). The van der Waals surface area contributed by atoms with Gasteiger partial charge in [-0.1, -0.05) is 12.8 Å². The molecule has 1 aromatic rings. The minimum Gasteiger partial charge on any atom is -0.344 e. The summed E-state index contributed by atoms with van der Waals surface area (Å²) in [6.45, 7) is 0.433. The first-order valence-electron chi connectivity index (χ1n) is 5.72. The van der Waals surface area contributed by atoms with Crippen LogP contribution < -0.4 is 16.6 Å². The summed E-state index contributed by atoms with van der Waals surface area (Å²) in [7, 11) is 0. The predicted octanol–water partition coefficient (Wildman–Crippen LogP) is -0.229. The van der Waals surface area contributed by atoms with Gasteiger partial charge in [0.2, 0.25) is 0 Å². The molecular weight excluding hydrogens is 220 g/mol. The topological polar surface area (TPSA) is 101 Å². The maximum Gasteiger partial charge on any atom is 0.271 e. The van der Waals surface area contributed by atoms with Crippen molar-refractivity contribution in [3.63, 3.8) is 0 Å². The Bertz CT molecular complexity index is 442. The molecule has 0 bridgehead atoms. The third-order valence-corrected chi connectivity index (χ3v) is 3.23. The lowest BCUT2D eigenvalue weighted by Gasteiger charge is -2.28. The van der Waals surface area contributed by atoms with Crippen molar-refractivity contribution >= 4 is 5.91 Å². The molecule has 6 nitrogen and oxygen atoms in total. The molecule has 0 atom stereocenters. The van der Waals surface area contributed by atoms with E-state index < -0.39 is 0 Å². The van der Waals surface area contributed by atoms with Gasteiger partial charge in [-0.25, -0.2) is 4.98 Å². The van der Waals surface area contributed by atoms with E-state index in [0.717, 1.165) is 31.9 Å². The lowest BCUT2D eigenvalue weighted by atomic mass is 9.97. The summed E-state index contributed by atoms with van der Waals surface area (Å²) in [5, 5.41) is 2.93. The largest absolute Gasteiger partial charge is 0.344 e. The zero-order valence-electron chi connectivity index (χ0n) is 9.53. The number of rotatable bonds is 3. The fraction of sp³-hybridized carbons (Fsp3) is 0.545. The van der Waals surface area contributed by atoms with Crippen molar-refractivity contribution in [2.45, 2.75) is 31.2 Å². The van der Waals surface area contributed by atoms with Gasteiger partial charge in [0.25, 0.3) is 11.5 Å². The second-order valence-corrected chi connectivity index (χ2v) is 4.44. The summed E-state index contributed by atoms with van der Waals surface area (Å²) in [5.74, 6) is -0.284. The predicted molar refractivity (Wildman–Crippen MR) is 62.6 cm³/mol. The van der Waals surface area contributed by atoms with E-state index in [1.807, 2.05) is 0 Å². The number of hydrogen-bond donors (Lipinski definition) is 3. The van der Waals surface area contributed by atoms with Gasteiger partial charge in [0.15, 0.2) is 0 Å². The highest BCUT2D eigenvalue weighted by atomic mass is 16.2. The molecule has 4 N–H and O–H groups in total. The Labute approximate surface area is 98.6 Å². The van der Waals surface area contributed by atoms with Crippen LogP contribution in [0.25, 0.3) is 0 Å². The van der Waals surface area contributed by atoms with Crippen molar-refractivity contribution in [2.75, 3.05) is 6.54 Å². The SMILES string of the molecule is NCC1(NC(=O)c2c[nH]c(=O)cn2)CCCC1. The van der Waals surface area contributed by atoms with Gasteiger partial charge < -0.3 is 16.0 Å². The summed E-state index contributed by atoms with van der Waals surface area (Å²) in [6, 6.07) is 0. The van der Waals surface area contributed by atoms with Gasteiger partial charge >= 0.3 is 0 Å². The Hall–Kier alpha value is -1.69. The molecule has 1 heterocycles. The first kappa shape index (κ1) is 11.8. The highest BCUT2D eigenvalue weighted by molar-refractivity contribution is 5.92. The van der Waals surface area contributed by atoms with Crippen LogP contribution in [0, 0.1) is 0 Å². The maximum absolute atomic E-state index is 11.9. The Morgan fingerprint density at radius 3 is 2.76 bits per heavy atom. The van der Waals surface area contributed by atoms with E-state index in [9.17, 15) is 9.59 Å². The van der Waals surface area contributed by atoms with E-state index in [1.165, 1.54) is 6.20 Å². The molecule has 0 unspecified atom stereocenters. The average molecular weight is 236 g/mol. The van der Waals surface area contributed by atoms with Gasteiger partial charge in [0.1, 0.15) is 5.69 Å². The molecule has 1 aliphatic carbocycles. The zero-order chi connectivity index (χ0) is 12.3. The molecule has 1 fully saturated rings. The van der Waals surface area contributed by atoms with Crippen LogP contribution in [0.2, 0.25) is 0 Å². The van der Waals surface area contributed by atoms with E-state index in [0.29, 0.717) is 6.54 Å². The van der Waals surface area contributed by atoms with Crippen molar-refractivity contribution in [2.24, 2.45) is 5.73 Å². The van der Waals surface area contributed by atoms with E-state index >= 15 is 0 Å². The van der Waals surface area contributed by atoms with Crippen molar-refractivity contribution in [3.8, 4) is 0 Å². The third kappa shape index (κ3) is 2.52. The number of carbonyl (C=O) groups excluding carboxylic acids is 1. The van der Waals surface area contributed by atoms with Crippen LogP contribution in [0.1, 0.15) is 36.2 Å². The van der Waals surface area contributed by atoms with Crippen LogP contribution in [0.4, 0.5) is 0 Å². The molecule has 1 aromatic heterocycles. The number of nitrogens with one attached hydrogen (secondary N) is 2. The Morgan fingerprint density at radius 2 is 2.24 bits per heavy atom. The second kappa shape index (κ2) is 4.67. The van der Waals surface area contributed by atoms with Crippen LogP contribution in [0.15, 0.2) is 17.2 Å². The van der Waals surface area contributed by atoms with Crippen LogP contribution in [0.5, 0.6) is 0 Å². The molecule has 0 saturated heterocycles. The van der Waals surface area contributed by atoms with E-state index in [1.54, 1.807) is 0 Å². The molecule has 17 heavy (non-hydrogen) atoms. The van der Waals surface area contributed by atoms with Crippen molar-refractivity contribution in [3.05, 3.63) is 28.4 Å². The number of hydrogen-bond acceptors (Lipinski definition) is 4. The van der Waals surface area contributed by atoms with Crippen molar-refractivity contribution in [1.29, 1.82) is 0 Å². The lowest BCUT2D eigenvalue weighted by Crippen LogP contribution is -2.51. The van der Waals surface area contributed by atoms with Gasteiger partial charge in [-0.3, -0.25) is 9.59 Å². The monoisotopic (exact) mass is 236 g/mol. The minimum absolute atomic E-state index is 0.212. The first-order chi connectivity index (χ1) is 8.15. The second-order valence-electron chi connectivity index (χ2n) is 4.44. The normalized spacial score (nSPS) is 17.9. The average Bonchev–Trinajstić information content (AvgIpc) is 2.79. The molecule has 0 spiro atoms. The smallest absolute Gasteiger partial charge is 0.271 e. The van der Waals surface area contributed by atoms with Crippen LogP contribution in [0.3, 0.4) is 0 Å². The minimum atomic E-state index is -0.323. The zero-order valence-corrected chi connectivity index (χ0v) is 9.53. The number of amides is 1. The number of aromatic amines is 1. The number of aromatic nitrogens is 2. The van der Waals surface area contributed by atoms with Gasteiger partial charge in [-0.05, 0) is 12.8 Å². The standard InChI is InChI=1S/C11H16N4O2/c12-7-11(3-1-2-4-11)15-10(17)8-5-14-9(16)6-13-8/h5-6H,1-4,7,12H2,(H,14,16)(H,15,17). The number of nitrogens with zero attached hydrogens (tertiary/aromatic N) is 1. The summed E-state index contributed by atoms with van der Waals surface area (Å²) < 4.78 is 0. The Balaban J connectivity index is 2.10. The summed E-state index contributed by atoms with van der Waals surface area (Å²) in [4.78, 5) is 29.0. The van der Waals surface area contributed by atoms with Crippen LogP contribution >= 0.6 is 0 Å². The quantitative estimate of drug-likeness (QED) is 0.674. The van der Waals surface area contributed by atoms with Crippen molar-refractivity contribution < 1.29 is 4.79 Å². The van der Waals surface area contributed by atoms with Gasteiger partial charge in [0.05, 0.1) is 11.7 Å². The molecule has 1 saturated carbocycles. The summed E-state index contributed by atoms with van der Waals surface area (Å²) in [5.41, 5.74) is 5.32. The molecule has 0 aliphatic heterocycles. The van der Waals surface area contributed by atoms with Gasteiger partial charge in [0, 0.05) is 12.7 Å². The van der Waals surface area contributed by atoms with Crippen LogP contribution in [-0.4, -0.2) is 28.0 Å². The molecular formula is C11H16N4O2. The number of H-pyrrole nitrogens is 1. The number of carbonyl (C=O) groups is 1. The molecule has 0 radical (unpaired) electrons. The molecule has 1 amide bonds. The van der Waals surface area contributed by atoms with Gasteiger partial charge in [-0.2, -0.15) is 0 Å². The maximum atomic E-state index is 11.9. The summed E-state index contributed by atoms with van der Waals surface area (Å²) in [6.07, 6.45) is 6.37. The van der Waals surface area contributed by atoms with Crippen LogP contribution in [-0.2, 0) is 0 Å². The Morgan fingerprint density at radius 1 is 1.53 bits per heavy atom. The fourth-order valence-corrected chi connectivity index (χ4v) is 2.20. The number of nitrogens with two attached hydrogens (primary N) is 1. The van der Waals surface area contributed by atoms with E-state index in [-0.39, 0.29) is 22.7 Å². The van der Waals surface area contributed by atoms with E-state index in [2.05, 4.69) is 15.3 Å². The summed E-state index contributed by atoms with van der Waals surface area (Å²) >= 11 is 0. The van der Waals surface area contributed by atoms with Crippen molar-refractivity contribution in [1.82, 2.24) is 15.3 Å². The highest BCUT2D eigenvalue weighted by Crippen LogP contribution is 2.28. The van der Waals surface area contributed by atoms with E-state index in [4.69, 9.17) is 5.73 Å². The molecule has 6 heteroatoms. The Kier molecular flexibility index (Phi) is 3.23.